The fourth-order valence-corrected chi connectivity index (χ4v) is 8.66. The minimum atomic E-state index is -1.08. The second-order valence-corrected chi connectivity index (χ2v) is 26.3. The zero-order valence-electron chi connectivity index (χ0n) is 54.3. The Morgan fingerprint density at radius 3 is 1.03 bits per heavy atom. The largest absolute Gasteiger partial charge is 1.00 e. The third-order valence-corrected chi connectivity index (χ3v) is 15.2. The van der Waals surface area contributed by atoms with E-state index in [2.05, 4.69) is 141 Å². The van der Waals surface area contributed by atoms with Crippen LogP contribution in [0.25, 0.3) is 0 Å². The predicted molar refractivity (Wildman–Crippen MR) is 372 cm³/mol. The van der Waals surface area contributed by atoms with E-state index in [1.165, 1.54) is 16.7 Å². The third-order valence-electron chi connectivity index (χ3n) is 11.9. The maximum atomic E-state index is 11.4. The van der Waals surface area contributed by atoms with E-state index in [1.54, 1.807) is 64.5 Å². The minimum absolute atomic E-state index is 0. The number of ketones is 1. The molecule has 91 heavy (non-hydrogen) atoms. The first-order valence-corrected chi connectivity index (χ1v) is 32.8. The first-order chi connectivity index (χ1) is 41.8. The van der Waals surface area contributed by atoms with Crippen LogP contribution in [0.1, 0.15) is 128 Å². The number of Topliss-reactive ketones (excluding diaryl/α,β-unsaturated/α-hetero) is 1. The number of carbonyl (C=O) groups excluding carboxylic acids is 4. The first kappa shape index (κ1) is 88.4. The molecule has 0 aliphatic carbocycles. The Kier molecular flexibility index (Phi) is 44.5. The molecule has 6 aromatic carbocycles. The van der Waals surface area contributed by atoms with Crippen LogP contribution in [0.15, 0.2) is 178 Å². The minimum Gasteiger partial charge on any atom is -1.00 e. The van der Waals surface area contributed by atoms with Crippen LogP contribution < -0.4 is 29.6 Å². The van der Waals surface area contributed by atoms with Gasteiger partial charge in [-0.1, -0.05) is 162 Å². The molecule has 0 spiro atoms. The van der Waals surface area contributed by atoms with Crippen LogP contribution >= 0.6 is 107 Å². The number of hydrogen-bond donors (Lipinski definition) is 2. The molecule has 3 aliphatic heterocycles. The van der Waals surface area contributed by atoms with Gasteiger partial charge in [0.2, 0.25) is 0 Å². The van der Waals surface area contributed by atoms with Gasteiger partial charge < -0.3 is 59.0 Å². The van der Waals surface area contributed by atoms with Gasteiger partial charge in [-0.3, -0.25) is 9.59 Å². The van der Waals surface area contributed by atoms with Crippen LogP contribution in [0.4, 0.5) is 0 Å². The summed E-state index contributed by atoms with van der Waals surface area (Å²) in [7, 11) is 3.23. The number of hydrogen-bond acceptors (Lipinski definition) is 16. The van der Waals surface area contributed by atoms with Crippen LogP contribution in [-0.4, -0.2) is 119 Å². The predicted octanol–water partition coefficient (Wildman–Crippen LogP) is 14.0. The van der Waals surface area contributed by atoms with E-state index in [9.17, 15) is 19.2 Å². The number of esters is 2. The molecular formula is C66H80BBr6ClNaO16. The van der Waals surface area contributed by atoms with E-state index in [1.807, 2.05) is 134 Å². The summed E-state index contributed by atoms with van der Waals surface area (Å²) in [6.07, 6.45) is -0.558. The number of aliphatic hydroxyl groups excluding tert-OH is 2. The SMILES string of the molecule is Brc1ccccc1.CC1(C)OCC(c2ccc(Br)cc2)O1.CC1(C)OC[C@@H](c2ccc(Br)cc2)O1.CC1(C)OC[C@H](c2ccc(Br)cc2)O1.CCOC(=O)C(=O)Cl.CCOC(=O)C(=O)c1ccc(Br)cc1.COC(C)(C)OC.OCC(O)c1ccc(Br)cc1.[B].[H-].[Na+]. The van der Waals surface area contributed by atoms with Gasteiger partial charge in [0.1, 0.15) is 24.4 Å². The molecule has 16 nitrogen and oxygen atoms in total. The summed E-state index contributed by atoms with van der Waals surface area (Å²) >= 11 is 24.7. The molecule has 0 saturated carbocycles. The molecule has 4 atom stereocenters. The number of rotatable bonds is 12. The van der Waals surface area contributed by atoms with Crippen LogP contribution in [-0.2, 0) is 61.8 Å². The second-order valence-electron chi connectivity index (χ2n) is 20.5. The summed E-state index contributed by atoms with van der Waals surface area (Å²) in [4.78, 5) is 42.3. The Bertz CT molecular complexity index is 2850. The van der Waals surface area contributed by atoms with Crippen molar-refractivity contribution in [1.29, 1.82) is 0 Å². The number of halogens is 7. The van der Waals surface area contributed by atoms with Gasteiger partial charge in [-0.05, 0) is 188 Å². The van der Waals surface area contributed by atoms with E-state index >= 15 is 0 Å². The summed E-state index contributed by atoms with van der Waals surface area (Å²) in [6.45, 7) is 20.6. The van der Waals surface area contributed by atoms with E-state index in [-0.39, 0.29) is 77.5 Å². The average Bonchev–Trinajstić information content (AvgIpc) is 1.85. The van der Waals surface area contributed by atoms with Crippen LogP contribution in [0.2, 0.25) is 0 Å². The van der Waals surface area contributed by atoms with Gasteiger partial charge >= 0.3 is 46.7 Å². The van der Waals surface area contributed by atoms with E-state index in [0.29, 0.717) is 25.4 Å². The molecule has 0 bridgehead atoms. The van der Waals surface area contributed by atoms with Gasteiger partial charge in [0.15, 0.2) is 23.1 Å². The van der Waals surface area contributed by atoms with Crippen molar-refractivity contribution >= 4 is 139 Å². The summed E-state index contributed by atoms with van der Waals surface area (Å²) < 4.78 is 58.4. The number of carbonyl (C=O) groups is 4. The zero-order chi connectivity index (χ0) is 67.0. The number of ether oxygens (including phenoxy) is 10. The molecule has 3 fully saturated rings. The smallest absolute Gasteiger partial charge is 1.00 e. The summed E-state index contributed by atoms with van der Waals surface area (Å²) in [6, 6.07) is 48.1. The Balaban J connectivity index is 0. The molecule has 493 valence electrons. The first-order valence-electron chi connectivity index (χ1n) is 27.7. The molecular weight excluding hydrogens is 1600 g/mol. The van der Waals surface area contributed by atoms with Crippen molar-refractivity contribution in [2.75, 3.05) is 53.9 Å². The fraction of sp³-hybridized carbons (Fsp3) is 0.394. The molecule has 2 unspecified atom stereocenters. The van der Waals surface area contributed by atoms with E-state index in [0.717, 1.165) is 32.4 Å². The number of methoxy groups -OCH3 is 2. The van der Waals surface area contributed by atoms with Gasteiger partial charge in [0, 0.05) is 55.0 Å². The van der Waals surface area contributed by atoms with Crippen molar-refractivity contribution in [2.45, 2.75) is 117 Å². The molecule has 3 saturated heterocycles. The van der Waals surface area contributed by atoms with Gasteiger partial charge in [-0.2, -0.15) is 0 Å². The molecule has 3 heterocycles. The van der Waals surface area contributed by atoms with Crippen molar-refractivity contribution < 1.29 is 108 Å². The summed E-state index contributed by atoms with van der Waals surface area (Å²) in [5.41, 5.74) is 4.57. The summed E-state index contributed by atoms with van der Waals surface area (Å²) in [5, 5.41) is 16.7. The van der Waals surface area contributed by atoms with Crippen molar-refractivity contribution in [1.82, 2.24) is 0 Å². The Morgan fingerprint density at radius 2 is 0.813 bits per heavy atom. The Labute approximate surface area is 617 Å². The normalized spacial score (nSPS) is 17.0. The molecule has 0 amide bonds. The van der Waals surface area contributed by atoms with Gasteiger partial charge in [-0.25, -0.2) is 9.59 Å². The standard InChI is InChI=1S/3C11H13BrO2.C10H9BrO3.C8H9BrO2.C6H5Br.C5H12O2.C4H5ClO3.B.Na.H/c3*1-11(2)13-7-10(14-11)8-3-5-9(12)6-4-8;1-2-14-10(13)9(12)7-3-5-8(11)6-4-7;9-7-3-1-6(2-4-7)8(11)5-10;7-6-4-2-1-3-5-6;1-5(2,6-3)7-4;1-2-8-4(7)3(5)6;;;/h3*3-6,10H,7H2,1-2H3;3-6H,2H2,1H3;1-4,8,10-11H,5H2;1-5H;1-4H3;2H2,1H3;;;/q;;;;;;;;;+1;-1/t2*10-;;;;;;;;;/m10........./s1. The van der Waals surface area contributed by atoms with Gasteiger partial charge in [-0.15, -0.1) is 0 Å². The molecule has 0 aromatic heterocycles. The topological polar surface area (TPSA) is 201 Å². The fourth-order valence-electron chi connectivity index (χ4n) is 6.98. The van der Waals surface area contributed by atoms with Crippen molar-refractivity contribution in [3.63, 3.8) is 0 Å². The zero-order valence-corrected chi connectivity index (χ0v) is 65.6. The van der Waals surface area contributed by atoms with E-state index in [4.69, 9.17) is 59.7 Å². The third kappa shape index (κ3) is 37.5. The maximum absolute atomic E-state index is 11.4. The molecule has 3 aliphatic rings. The monoisotopic (exact) mass is 1670 g/mol. The molecule has 6 aromatic rings. The quantitative estimate of drug-likeness (QED) is 0.0292. The Morgan fingerprint density at radius 1 is 0.527 bits per heavy atom. The van der Waals surface area contributed by atoms with Gasteiger partial charge in [0.05, 0.1) is 39.6 Å². The number of benzene rings is 6. The second kappa shape index (κ2) is 45.8. The Hall–Kier alpha value is -2.57. The number of aliphatic hydroxyl groups is 2. The molecule has 2 N–H and O–H groups in total. The van der Waals surface area contributed by atoms with E-state index < -0.39 is 52.2 Å². The van der Waals surface area contributed by atoms with Crippen molar-refractivity contribution in [3.05, 3.63) is 206 Å². The van der Waals surface area contributed by atoms with Crippen LogP contribution in [0.5, 0.6) is 0 Å². The molecule has 25 heteroatoms. The van der Waals surface area contributed by atoms with Crippen LogP contribution in [0, 0.1) is 0 Å². The molecule has 3 radical (unpaired) electrons. The van der Waals surface area contributed by atoms with Crippen molar-refractivity contribution in [2.24, 2.45) is 0 Å². The average molecular weight is 1680 g/mol. The van der Waals surface area contributed by atoms with Gasteiger partial charge in [0.25, 0.3) is 5.78 Å². The summed E-state index contributed by atoms with van der Waals surface area (Å²) in [5.74, 6) is -4.17. The van der Waals surface area contributed by atoms with Crippen LogP contribution in [0.3, 0.4) is 0 Å². The van der Waals surface area contributed by atoms with Crippen molar-refractivity contribution in [3.8, 4) is 0 Å². The molecule has 9 rings (SSSR count). The maximum Gasteiger partial charge on any atom is 1.00 e.